The van der Waals surface area contributed by atoms with Gasteiger partial charge in [0.25, 0.3) is 0 Å². The van der Waals surface area contributed by atoms with Gasteiger partial charge >= 0.3 is 0 Å². The van der Waals surface area contributed by atoms with Crippen LogP contribution in [-0.2, 0) is 9.73 Å². The summed E-state index contributed by atoms with van der Waals surface area (Å²) in [5, 5.41) is 0.100. The second-order valence-corrected chi connectivity index (χ2v) is 4.44. The van der Waals surface area contributed by atoms with E-state index in [1.807, 2.05) is 6.92 Å². The van der Waals surface area contributed by atoms with Gasteiger partial charge in [-0.3, -0.25) is 0 Å². The minimum absolute atomic E-state index is 0.100. The number of nitrogens with one attached hydrogen (secondary N) is 1. The van der Waals surface area contributed by atoms with E-state index in [4.69, 9.17) is 4.78 Å². The van der Waals surface area contributed by atoms with Crippen LogP contribution in [0.1, 0.15) is 5.56 Å². The minimum atomic E-state index is -2.74. The number of nitrogens with zero attached hydrogens (tertiary/aromatic N) is 2. The van der Waals surface area contributed by atoms with Crippen molar-refractivity contribution in [2.45, 2.75) is 12.1 Å². The van der Waals surface area contributed by atoms with Crippen molar-refractivity contribution in [1.82, 2.24) is 9.97 Å². The molecule has 0 amide bonds. The van der Waals surface area contributed by atoms with Crippen LogP contribution in [0.15, 0.2) is 17.6 Å². The molecule has 11 heavy (non-hydrogen) atoms. The van der Waals surface area contributed by atoms with Crippen LogP contribution in [0.2, 0.25) is 0 Å². The second-order valence-electron chi connectivity index (χ2n) is 2.39. The normalized spacial score (nSPS) is 15.8. The van der Waals surface area contributed by atoms with E-state index in [9.17, 15) is 4.21 Å². The van der Waals surface area contributed by atoms with E-state index in [-0.39, 0.29) is 5.16 Å². The zero-order valence-corrected chi connectivity index (χ0v) is 7.18. The van der Waals surface area contributed by atoms with Crippen molar-refractivity contribution in [3.05, 3.63) is 18.0 Å². The van der Waals surface area contributed by atoms with E-state index in [2.05, 4.69) is 9.97 Å². The monoisotopic (exact) mass is 171 g/mol. The fourth-order valence-electron chi connectivity index (χ4n) is 0.582. The van der Waals surface area contributed by atoms with Crippen LogP contribution < -0.4 is 0 Å². The lowest BCUT2D eigenvalue weighted by Gasteiger charge is -1.97. The number of hydrogen-bond donors (Lipinski definition) is 1. The molecule has 0 aliphatic rings. The molecule has 0 saturated carbocycles. The van der Waals surface area contributed by atoms with Gasteiger partial charge in [0.05, 0.1) is 0 Å². The van der Waals surface area contributed by atoms with Gasteiger partial charge in [-0.2, -0.15) is 0 Å². The molecule has 0 saturated heterocycles. The molecule has 0 spiro atoms. The molecule has 1 aromatic rings. The number of aryl methyl sites for hydroxylation is 1. The Labute approximate surface area is 65.7 Å². The van der Waals surface area contributed by atoms with Gasteiger partial charge in [0, 0.05) is 18.6 Å². The third kappa shape index (κ3) is 1.98. The zero-order valence-electron chi connectivity index (χ0n) is 6.37. The summed E-state index contributed by atoms with van der Waals surface area (Å²) in [6, 6.07) is 0. The van der Waals surface area contributed by atoms with Crippen molar-refractivity contribution in [3.8, 4) is 0 Å². The smallest absolute Gasteiger partial charge is 0.226 e. The van der Waals surface area contributed by atoms with E-state index in [1.54, 1.807) is 12.4 Å². The van der Waals surface area contributed by atoms with E-state index in [0.717, 1.165) is 5.56 Å². The van der Waals surface area contributed by atoms with E-state index in [1.165, 1.54) is 6.26 Å². The highest BCUT2D eigenvalue weighted by atomic mass is 32.2. The zero-order chi connectivity index (χ0) is 8.48. The average Bonchev–Trinajstić information content (AvgIpc) is 1.86. The first kappa shape index (κ1) is 8.13. The molecule has 1 atom stereocenters. The van der Waals surface area contributed by atoms with Gasteiger partial charge in [-0.15, -0.1) is 0 Å². The molecule has 0 radical (unpaired) electrons. The highest BCUT2D eigenvalue weighted by molar-refractivity contribution is 7.91. The molecule has 5 heteroatoms. The van der Waals surface area contributed by atoms with Crippen LogP contribution >= 0.6 is 0 Å². The van der Waals surface area contributed by atoms with Crippen molar-refractivity contribution in [3.63, 3.8) is 0 Å². The second kappa shape index (κ2) is 2.58. The standard InChI is InChI=1S/C6H9N3OS/c1-5-3-8-6(9-4-5)11(2,7)10/h3-4,7H,1-2H3. The van der Waals surface area contributed by atoms with Gasteiger partial charge in [0.15, 0.2) is 0 Å². The van der Waals surface area contributed by atoms with Crippen LogP contribution in [-0.4, -0.2) is 20.4 Å². The fourth-order valence-corrected chi connectivity index (χ4v) is 1.09. The maximum absolute atomic E-state index is 11.0. The van der Waals surface area contributed by atoms with Crippen LogP contribution in [0.5, 0.6) is 0 Å². The highest BCUT2D eigenvalue weighted by Gasteiger charge is 2.04. The molecular formula is C6H9N3OS. The summed E-state index contributed by atoms with van der Waals surface area (Å²) in [5.41, 5.74) is 0.900. The largest absolute Gasteiger partial charge is 0.246 e. The van der Waals surface area contributed by atoms with Gasteiger partial charge in [-0.05, 0) is 12.5 Å². The Morgan fingerprint density at radius 2 is 1.91 bits per heavy atom. The molecule has 0 aliphatic heterocycles. The SMILES string of the molecule is Cc1cnc(S(C)(=N)=O)nc1. The summed E-state index contributed by atoms with van der Waals surface area (Å²) < 4.78 is 18.2. The van der Waals surface area contributed by atoms with Gasteiger partial charge < -0.3 is 0 Å². The summed E-state index contributed by atoms with van der Waals surface area (Å²) in [6.07, 6.45) is 4.41. The molecule has 0 aromatic carbocycles. The first-order valence-electron chi connectivity index (χ1n) is 3.02. The highest BCUT2D eigenvalue weighted by Crippen LogP contribution is 2.00. The Kier molecular flexibility index (Phi) is 1.90. The van der Waals surface area contributed by atoms with Gasteiger partial charge in [0.1, 0.15) is 9.73 Å². The fraction of sp³-hybridized carbons (Fsp3) is 0.333. The Morgan fingerprint density at radius 3 is 2.27 bits per heavy atom. The molecule has 0 aliphatic carbocycles. The maximum Gasteiger partial charge on any atom is 0.226 e. The molecule has 1 N–H and O–H groups in total. The molecule has 1 heterocycles. The predicted octanol–water partition coefficient (Wildman–Crippen LogP) is 0.820. The van der Waals surface area contributed by atoms with Crippen molar-refractivity contribution in [2.75, 3.05) is 6.26 Å². The summed E-state index contributed by atoms with van der Waals surface area (Å²) in [5.74, 6) is 0. The summed E-state index contributed by atoms with van der Waals surface area (Å²) >= 11 is 0. The van der Waals surface area contributed by atoms with E-state index in [0.29, 0.717) is 0 Å². The van der Waals surface area contributed by atoms with Crippen LogP contribution in [0.25, 0.3) is 0 Å². The lowest BCUT2D eigenvalue weighted by Crippen LogP contribution is -2.01. The summed E-state index contributed by atoms with van der Waals surface area (Å²) in [7, 11) is -2.74. The lowest BCUT2D eigenvalue weighted by molar-refractivity contribution is 0.670. The van der Waals surface area contributed by atoms with Gasteiger partial charge in [-0.25, -0.2) is 19.0 Å². The van der Waals surface area contributed by atoms with Crippen molar-refractivity contribution < 1.29 is 4.21 Å². The topological polar surface area (TPSA) is 66.7 Å². The van der Waals surface area contributed by atoms with Crippen molar-refractivity contribution in [1.29, 1.82) is 4.78 Å². The number of rotatable bonds is 1. The van der Waals surface area contributed by atoms with Gasteiger partial charge in [0.2, 0.25) is 5.16 Å². The number of aromatic nitrogens is 2. The molecule has 4 nitrogen and oxygen atoms in total. The quantitative estimate of drug-likeness (QED) is 0.636. The first-order chi connectivity index (χ1) is 5.00. The van der Waals surface area contributed by atoms with Crippen LogP contribution in [0.4, 0.5) is 0 Å². The molecule has 1 unspecified atom stereocenters. The third-order valence-electron chi connectivity index (χ3n) is 1.11. The molecule has 60 valence electrons. The minimum Gasteiger partial charge on any atom is -0.246 e. The number of hydrogen-bond acceptors (Lipinski definition) is 4. The molecule has 1 aromatic heterocycles. The molecule has 0 bridgehead atoms. The molecule has 0 fully saturated rings. The lowest BCUT2D eigenvalue weighted by atomic mass is 10.4. The molecular weight excluding hydrogens is 162 g/mol. The first-order valence-corrected chi connectivity index (χ1v) is 4.99. The maximum atomic E-state index is 11.0. The average molecular weight is 171 g/mol. The Morgan fingerprint density at radius 1 is 1.45 bits per heavy atom. The summed E-state index contributed by atoms with van der Waals surface area (Å²) in [4.78, 5) is 7.55. The predicted molar refractivity (Wildman–Crippen MR) is 41.8 cm³/mol. The van der Waals surface area contributed by atoms with Gasteiger partial charge in [-0.1, -0.05) is 0 Å². The van der Waals surface area contributed by atoms with Crippen LogP contribution in [0, 0.1) is 11.7 Å². The van der Waals surface area contributed by atoms with Crippen LogP contribution in [0.3, 0.4) is 0 Å². The Balaban J connectivity index is 3.20. The molecule has 1 rings (SSSR count). The van der Waals surface area contributed by atoms with E-state index >= 15 is 0 Å². The van der Waals surface area contributed by atoms with Crippen molar-refractivity contribution >= 4 is 9.73 Å². The Bertz CT molecular complexity index is 341. The third-order valence-corrected chi connectivity index (χ3v) is 2.01. The van der Waals surface area contributed by atoms with E-state index < -0.39 is 9.73 Å². The summed E-state index contributed by atoms with van der Waals surface area (Å²) in [6.45, 7) is 1.84. The Hall–Kier alpha value is -0.970. The van der Waals surface area contributed by atoms with Crippen molar-refractivity contribution in [2.24, 2.45) is 0 Å².